The van der Waals surface area contributed by atoms with Crippen LogP contribution in [-0.2, 0) is 13.5 Å². The molecule has 3 nitrogen and oxygen atoms in total. The van der Waals surface area contributed by atoms with Crippen molar-refractivity contribution in [1.29, 1.82) is 0 Å². The molecule has 0 bridgehead atoms. The molecule has 0 spiro atoms. The van der Waals surface area contributed by atoms with Crippen molar-refractivity contribution in [2.45, 2.75) is 33.2 Å². The van der Waals surface area contributed by atoms with Gasteiger partial charge in [-0.1, -0.05) is 18.6 Å². The van der Waals surface area contributed by atoms with Crippen molar-refractivity contribution in [3.05, 3.63) is 23.0 Å². The molecule has 0 radical (unpaired) electrons. The Morgan fingerprint density at radius 2 is 2.36 bits per heavy atom. The number of rotatable bonds is 3. The molecule has 0 saturated carbocycles. The highest BCUT2D eigenvalue weighted by atomic mass is 15.2. The van der Waals surface area contributed by atoms with E-state index in [1.54, 1.807) is 0 Å². The fourth-order valence-corrected chi connectivity index (χ4v) is 1.32. The van der Waals surface area contributed by atoms with E-state index in [1.165, 1.54) is 11.1 Å². The van der Waals surface area contributed by atoms with Crippen LogP contribution in [0, 0.1) is 0 Å². The average Bonchev–Trinajstić information content (AvgIpc) is 2.45. The molecule has 0 fully saturated rings. The third-order valence-electron chi connectivity index (χ3n) is 2.37. The summed E-state index contributed by atoms with van der Waals surface area (Å²) < 4.78 is 1.85. The molecule has 1 unspecified atom stereocenters. The second kappa shape index (κ2) is 4.42. The topological polar surface area (TPSA) is 43.8 Å². The summed E-state index contributed by atoms with van der Waals surface area (Å²) in [4.78, 5) is 0. The van der Waals surface area contributed by atoms with E-state index in [0.717, 1.165) is 12.1 Å². The maximum absolute atomic E-state index is 5.79. The predicted molar refractivity (Wildman–Crippen MR) is 59.9 cm³/mol. The first-order chi connectivity index (χ1) is 6.54. The van der Waals surface area contributed by atoms with Gasteiger partial charge in [0.2, 0.25) is 0 Å². The van der Waals surface area contributed by atoms with Crippen LogP contribution in [0.25, 0.3) is 6.08 Å². The van der Waals surface area contributed by atoms with Crippen LogP contribution in [0.1, 0.15) is 32.0 Å². The van der Waals surface area contributed by atoms with Gasteiger partial charge in [0.05, 0.1) is 5.69 Å². The van der Waals surface area contributed by atoms with Crippen LogP contribution >= 0.6 is 0 Å². The number of nitrogens with two attached hydrogens (primary N) is 1. The predicted octanol–water partition coefficient (Wildman–Crippen LogP) is 1.73. The Labute approximate surface area is 85.6 Å². The standard InChI is InChI=1S/C11H19N3/c1-5-11-10(7-14(4)13-11)6-8(2)9(3)12/h6-7,9H,5,12H2,1-4H3/b8-6-. The highest BCUT2D eigenvalue weighted by Gasteiger charge is 2.04. The fourth-order valence-electron chi connectivity index (χ4n) is 1.32. The molecule has 0 aromatic carbocycles. The van der Waals surface area contributed by atoms with Crippen LogP contribution in [-0.4, -0.2) is 15.8 Å². The highest BCUT2D eigenvalue weighted by molar-refractivity contribution is 5.55. The molecule has 1 rings (SSSR count). The summed E-state index contributed by atoms with van der Waals surface area (Å²) in [6, 6.07) is 0.111. The molecule has 78 valence electrons. The zero-order chi connectivity index (χ0) is 10.7. The Kier molecular flexibility index (Phi) is 3.47. The third-order valence-corrected chi connectivity index (χ3v) is 2.37. The van der Waals surface area contributed by atoms with Gasteiger partial charge in [0.15, 0.2) is 0 Å². The first kappa shape index (κ1) is 11.0. The van der Waals surface area contributed by atoms with Gasteiger partial charge in [0.25, 0.3) is 0 Å². The molecule has 0 amide bonds. The lowest BCUT2D eigenvalue weighted by atomic mass is 10.1. The first-order valence-electron chi connectivity index (χ1n) is 5.01. The molecule has 1 heterocycles. The molecule has 1 atom stereocenters. The van der Waals surface area contributed by atoms with Crippen molar-refractivity contribution in [2.75, 3.05) is 0 Å². The molecule has 14 heavy (non-hydrogen) atoms. The lowest BCUT2D eigenvalue weighted by Crippen LogP contribution is -2.15. The Bertz CT molecular complexity index is 334. The molecule has 0 aliphatic rings. The minimum Gasteiger partial charge on any atom is -0.324 e. The summed E-state index contributed by atoms with van der Waals surface area (Å²) in [5, 5.41) is 4.37. The van der Waals surface area contributed by atoms with Crippen molar-refractivity contribution < 1.29 is 0 Å². The molecule has 1 aromatic rings. The molecule has 0 saturated heterocycles. The Balaban J connectivity index is 3.00. The third kappa shape index (κ3) is 2.45. The molecular formula is C11H19N3. The van der Waals surface area contributed by atoms with Gasteiger partial charge in [-0.05, 0) is 20.3 Å². The van der Waals surface area contributed by atoms with Crippen LogP contribution in [0.15, 0.2) is 11.8 Å². The minimum absolute atomic E-state index is 0.111. The van der Waals surface area contributed by atoms with E-state index >= 15 is 0 Å². The number of nitrogens with zero attached hydrogens (tertiary/aromatic N) is 2. The summed E-state index contributed by atoms with van der Waals surface area (Å²) in [6.45, 7) is 6.16. The van der Waals surface area contributed by atoms with E-state index in [0.29, 0.717) is 0 Å². The van der Waals surface area contributed by atoms with E-state index in [-0.39, 0.29) is 6.04 Å². The molecular weight excluding hydrogens is 174 g/mol. The summed E-state index contributed by atoms with van der Waals surface area (Å²) in [5.74, 6) is 0. The van der Waals surface area contributed by atoms with Gasteiger partial charge in [-0.25, -0.2) is 0 Å². The zero-order valence-corrected chi connectivity index (χ0v) is 9.41. The second-order valence-corrected chi connectivity index (χ2v) is 3.74. The number of hydrogen-bond donors (Lipinski definition) is 1. The van der Waals surface area contributed by atoms with Gasteiger partial charge in [-0.2, -0.15) is 5.10 Å². The van der Waals surface area contributed by atoms with Crippen molar-refractivity contribution in [3.8, 4) is 0 Å². The van der Waals surface area contributed by atoms with Crippen LogP contribution in [0.3, 0.4) is 0 Å². The largest absolute Gasteiger partial charge is 0.324 e. The van der Waals surface area contributed by atoms with Gasteiger partial charge >= 0.3 is 0 Å². The van der Waals surface area contributed by atoms with E-state index in [4.69, 9.17) is 5.73 Å². The van der Waals surface area contributed by atoms with Crippen molar-refractivity contribution >= 4 is 6.08 Å². The van der Waals surface area contributed by atoms with Gasteiger partial charge in [0, 0.05) is 24.8 Å². The zero-order valence-electron chi connectivity index (χ0n) is 9.41. The summed E-state index contributed by atoms with van der Waals surface area (Å²) in [5.41, 5.74) is 9.29. The molecule has 0 aliphatic heterocycles. The molecule has 1 aromatic heterocycles. The fraction of sp³-hybridized carbons (Fsp3) is 0.545. The second-order valence-electron chi connectivity index (χ2n) is 3.74. The first-order valence-corrected chi connectivity index (χ1v) is 5.01. The SMILES string of the molecule is CCc1nn(C)cc1/C=C(/C)C(C)N. The number of hydrogen-bond acceptors (Lipinski definition) is 2. The summed E-state index contributed by atoms with van der Waals surface area (Å²) in [6.07, 6.45) is 5.11. The summed E-state index contributed by atoms with van der Waals surface area (Å²) >= 11 is 0. The lowest BCUT2D eigenvalue weighted by molar-refractivity contribution is 0.746. The van der Waals surface area contributed by atoms with Gasteiger partial charge in [0.1, 0.15) is 0 Å². The van der Waals surface area contributed by atoms with Gasteiger partial charge < -0.3 is 5.73 Å². The normalized spacial score (nSPS) is 14.5. The Hall–Kier alpha value is -1.09. The monoisotopic (exact) mass is 193 g/mol. The lowest BCUT2D eigenvalue weighted by Gasteiger charge is -2.04. The molecule has 0 aliphatic carbocycles. The van der Waals surface area contributed by atoms with Crippen LogP contribution in [0.4, 0.5) is 0 Å². The van der Waals surface area contributed by atoms with E-state index < -0.39 is 0 Å². The van der Waals surface area contributed by atoms with E-state index in [9.17, 15) is 0 Å². The van der Waals surface area contributed by atoms with E-state index in [2.05, 4.69) is 25.0 Å². The number of aromatic nitrogens is 2. The van der Waals surface area contributed by atoms with Gasteiger partial charge in [-0.15, -0.1) is 0 Å². The number of aryl methyl sites for hydroxylation is 2. The maximum Gasteiger partial charge on any atom is 0.0694 e. The smallest absolute Gasteiger partial charge is 0.0694 e. The van der Waals surface area contributed by atoms with Crippen LogP contribution < -0.4 is 5.73 Å². The molecule has 3 heteroatoms. The summed E-state index contributed by atoms with van der Waals surface area (Å²) in [7, 11) is 1.94. The van der Waals surface area contributed by atoms with Crippen molar-refractivity contribution in [1.82, 2.24) is 9.78 Å². The van der Waals surface area contributed by atoms with Crippen molar-refractivity contribution in [3.63, 3.8) is 0 Å². The van der Waals surface area contributed by atoms with Crippen LogP contribution in [0.2, 0.25) is 0 Å². The minimum atomic E-state index is 0.111. The average molecular weight is 193 g/mol. The maximum atomic E-state index is 5.79. The van der Waals surface area contributed by atoms with Gasteiger partial charge in [-0.3, -0.25) is 4.68 Å². The molecule has 2 N–H and O–H groups in total. The van der Waals surface area contributed by atoms with Crippen LogP contribution in [0.5, 0.6) is 0 Å². The highest BCUT2D eigenvalue weighted by Crippen LogP contribution is 2.13. The Morgan fingerprint density at radius 1 is 1.71 bits per heavy atom. The van der Waals surface area contributed by atoms with Crippen molar-refractivity contribution in [2.24, 2.45) is 12.8 Å². The Morgan fingerprint density at radius 3 is 2.86 bits per heavy atom. The van der Waals surface area contributed by atoms with E-state index in [1.807, 2.05) is 24.9 Å². The quantitative estimate of drug-likeness (QED) is 0.794.